The second kappa shape index (κ2) is 3.56. The SMILES string of the molecule is CCCC1CNC(=O)N(C)C1=O. The summed E-state index contributed by atoms with van der Waals surface area (Å²) in [6.07, 6.45) is 1.82. The Hall–Kier alpha value is -1.06. The maximum atomic E-state index is 11.4. The molecule has 1 unspecified atom stereocenters. The molecule has 0 aromatic heterocycles. The van der Waals surface area contributed by atoms with Crippen LogP contribution in [0, 0.1) is 5.92 Å². The van der Waals surface area contributed by atoms with Crippen LogP contribution in [0.5, 0.6) is 0 Å². The normalized spacial score (nSPS) is 24.2. The molecule has 1 fully saturated rings. The first-order chi connectivity index (χ1) is 5.66. The van der Waals surface area contributed by atoms with Crippen molar-refractivity contribution in [2.24, 2.45) is 5.92 Å². The van der Waals surface area contributed by atoms with Crippen LogP contribution >= 0.6 is 0 Å². The Kier molecular flexibility index (Phi) is 2.68. The predicted molar refractivity (Wildman–Crippen MR) is 44.6 cm³/mol. The summed E-state index contributed by atoms with van der Waals surface area (Å²) in [5.74, 6) is -0.0710. The molecule has 0 bridgehead atoms. The fourth-order valence-electron chi connectivity index (χ4n) is 1.36. The van der Waals surface area contributed by atoms with Gasteiger partial charge in [-0.2, -0.15) is 0 Å². The standard InChI is InChI=1S/C8H14N2O2/c1-3-4-6-5-9-8(12)10(2)7(6)11/h6H,3-5H2,1-2H3,(H,9,12). The lowest BCUT2D eigenvalue weighted by atomic mass is 10.0. The van der Waals surface area contributed by atoms with Gasteiger partial charge in [0.25, 0.3) is 0 Å². The Morgan fingerprint density at radius 2 is 2.25 bits per heavy atom. The Morgan fingerprint density at radius 3 is 2.83 bits per heavy atom. The van der Waals surface area contributed by atoms with Gasteiger partial charge in [-0.25, -0.2) is 4.79 Å². The van der Waals surface area contributed by atoms with Crippen molar-refractivity contribution in [1.29, 1.82) is 0 Å². The Balaban J connectivity index is 2.59. The number of imide groups is 1. The van der Waals surface area contributed by atoms with E-state index in [9.17, 15) is 9.59 Å². The predicted octanol–water partition coefficient (Wildman–Crippen LogP) is 0.584. The quantitative estimate of drug-likeness (QED) is 0.659. The van der Waals surface area contributed by atoms with Gasteiger partial charge in [0.1, 0.15) is 0 Å². The highest BCUT2D eigenvalue weighted by molar-refractivity contribution is 5.97. The smallest absolute Gasteiger partial charge is 0.323 e. The minimum atomic E-state index is -0.285. The topological polar surface area (TPSA) is 49.4 Å². The van der Waals surface area contributed by atoms with E-state index < -0.39 is 0 Å². The third kappa shape index (κ3) is 1.57. The molecule has 4 nitrogen and oxygen atoms in total. The Labute approximate surface area is 71.9 Å². The first-order valence-electron chi connectivity index (χ1n) is 4.22. The van der Waals surface area contributed by atoms with Gasteiger partial charge in [-0.3, -0.25) is 9.69 Å². The molecule has 1 aliphatic heterocycles. The second-order valence-electron chi connectivity index (χ2n) is 3.07. The summed E-state index contributed by atoms with van der Waals surface area (Å²) in [5.41, 5.74) is 0. The van der Waals surface area contributed by atoms with E-state index >= 15 is 0 Å². The highest BCUT2D eigenvalue weighted by atomic mass is 16.2. The average Bonchev–Trinajstić information content (AvgIpc) is 2.07. The van der Waals surface area contributed by atoms with Gasteiger partial charge in [0.15, 0.2) is 0 Å². The van der Waals surface area contributed by atoms with E-state index in [2.05, 4.69) is 5.32 Å². The van der Waals surface area contributed by atoms with Crippen molar-refractivity contribution in [1.82, 2.24) is 10.2 Å². The van der Waals surface area contributed by atoms with E-state index in [4.69, 9.17) is 0 Å². The highest BCUT2D eigenvalue weighted by Crippen LogP contribution is 2.12. The Bertz CT molecular complexity index is 203. The van der Waals surface area contributed by atoms with Crippen molar-refractivity contribution in [3.63, 3.8) is 0 Å². The van der Waals surface area contributed by atoms with Crippen molar-refractivity contribution < 1.29 is 9.59 Å². The van der Waals surface area contributed by atoms with Gasteiger partial charge < -0.3 is 5.32 Å². The molecule has 0 saturated carbocycles. The van der Waals surface area contributed by atoms with Crippen molar-refractivity contribution in [3.05, 3.63) is 0 Å². The lowest BCUT2D eigenvalue weighted by Gasteiger charge is -2.28. The molecule has 68 valence electrons. The zero-order valence-electron chi connectivity index (χ0n) is 7.46. The summed E-state index contributed by atoms with van der Waals surface area (Å²) < 4.78 is 0. The van der Waals surface area contributed by atoms with E-state index in [-0.39, 0.29) is 17.9 Å². The first kappa shape index (κ1) is 9.03. The molecule has 12 heavy (non-hydrogen) atoms. The largest absolute Gasteiger partial charge is 0.337 e. The number of carbonyl (C=O) groups excluding carboxylic acids is 2. The molecule has 0 aromatic carbocycles. The maximum Gasteiger partial charge on any atom is 0.323 e. The van der Waals surface area contributed by atoms with Gasteiger partial charge in [0, 0.05) is 13.6 Å². The monoisotopic (exact) mass is 170 g/mol. The molecular formula is C8H14N2O2. The summed E-state index contributed by atoms with van der Waals surface area (Å²) in [7, 11) is 1.51. The minimum Gasteiger partial charge on any atom is -0.337 e. The second-order valence-corrected chi connectivity index (χ2v) is 3.07. The molecule has 3 amide bonds. The number of rotatable bonds is 2. The van der Waals surface area contributed by atoms with Crippen molar-refractivity contribution in [3.8, 4) is 0 Å². The zero-order chi connectivity index (χ0) is 9.14. The number of hydrogen-bond acceptors (Lipinski definition) is 2. The first-order valence-corrected chi connectivity index (χ1v) is 4.22. The summed E-state index contributed by atoms with van der Waals surface area (Å²) in [6.45, 7) is 2.53. The molecule has 0 radical (unpaired) electrons. The van der Waals surface area contributed by atoms with Crippen LogP contribution < -0.4 is 5.32 Å². The van der Waals surface area contributed by atoms with Crippen LogP contribution in [-0.4, -0.2) is 30.4 Å². The molecule has 1 heterocycles. The molecule has 4 heteroatoms. The molecule has 1 aliphatic rings. The van der Waals surface area contributed by atoms with Gasteiger partial charge in [-0.05, 0) is 6.42 Å². The highest BCUT2D eigenvalue weighted by Gasteiger charge is 2.30. The van der Waals surface area contributed by atoms with E-state index in [1.165, 1.54) is 7.05 Å². The lowest BCUT2D eigenvalue weighted by Crippen LogP contribution is -2.52. The van der Waals surface area contributed by atoms with Crippen LogP contribution in [0.3, 0.4) is 0 Å². The Morgan fingerprint density at radius 1 is 1.58 bits per heavy atom. The number of amides is 3. The zero-order valence-corrected chi connectivity index (χ0v) is 7.46. The summed E-state index contributed by atoms with van der Waals surface area (Å²) in [6, 6.07) is -0.285. The number of carbonyl (C=O) groups is 2. The van der Waals surface area contributed by atoms with E-state index in [0.29, 0.717) is 6.54 Å². The summed E-state index contributed by atoms with van der Waals surface area (Å²) in [4.78, 5) is 23.5. The molecule has 1 atom stereocenters. The van der Waals surface area contributed by atoms with Crippen LogP contribution in [0.15, 0.2) is 0 Å². The molecule has 1 N–H and O–H groups in total. The fourth-order valence-corrected chi connectivity index (χ4v) is 1.36. The summed E-state index contributed by atoms with van der Waals surface area (Å²) >= 11 is 0. The van der Waals surface area contributed by atoms with E-state index in [0.717, 1.165) is 17.7 Å². The molecule has 1 saturated heterocycles. The molecule has 0 aliphatic carbocycles. The molecular weight excluding hydrogens is 156 g/mol. The number of urea groups is 1. The van der Waals surface area contributed by atoms with Crippen LogP contribution in [-0.2, 0) is 4.79 Å². The molecule has 0 spiro atoms. The van der Waals surface area contributed by atoms with Gasteiger partial charge in [0.2, 0.25) is 5.91 Å². The van der Waals surface area contributed by atoms with Crippen molar-refractivity contribution in [2.45, 2.75) is 19.8 Å². The number of hydrogen-bond donors (Lipinski definition) is 1. The van der Waals surface area contributed by atoms with Gasteiger partial charge in [-0.15, -0.1) is 0 Å². The average molecular weight is 170 g/mol. The summed E-state index contributed by atoms with van der Waals surface area (Å²) in [5, 5.41) is 2.66. The fraction of sp³-hybridized carbons (Fsp3) is 0.750. The molecule has 1 rings (SSSR count). The van der Waals surface area contributed by atoms with Crippen molar-refractivity contribution >= 4 is 11.9 Å². The van der Waals surface area contributed by atoms with Gasteiger partial charge in [0.05, 0.1) is 5.92 Å². The van der Waals surface area contributed by atoms with Crippen LogP contribution in [0.4, 0.5) is 4.79 Å². The van der Waals surface area contributed by atoms with Crippen LogP contribution in [0.25, 0.3) is 0 Å². The number of nitrogens with zero attached hydrogens (tertiary/aromatic N) is 1. The van der Waals surface area contributed by atoms with E-state index in [1.54, 1.807) is 0 Å². The maximum absolute atomic E-state index is 11.4. The van der Waals surface area contributed by atoms with Crippen molar-refractivity contribution in [2.75, 3.05) is 13.6 Å². The van der Waals surface area contributed by atoms with Gasteiger partial charge in [-0.1, -0.05) is 13.3 Å². The third-order valence-corrected chi connectivity index (χ3v) is 2.12. The van der Waals surface area contributed by atoms with Crippen LogP contribution in [0.1, 0.15) is 19.8 Å². The van der Waals surface area contributed by atoms with Gasteiger partial charge >= 0.3 is 6.03 Å². The minimum absolute atomic E-state index is 0.0160. The molecule has 0 aromatic rings. The number of nitrogens with one attached hydrogen (secondary N) is 1. The van der Waals surface area contributed by atoms with E-state index in [1.807, 2.05) is 6.92 Å². The van der Waals surface area contributed by atoms with Crippen LogP contribution in [0.2, 0.25) is 0 Å². The third-order valence-electron chi connectivity index (χ3n) is 2.12. The lowest BCUT2D eigenvalue weighted by molar-refractivity contribution is -0.132.